The van der Waals surface area contributed by atoms with Crippen molar-refractivity contribution in [2.24, 2.45) is 0 Å². The number of para-hydroxylation sites is 1. The molecule has 150 valence electrons. The number of halogens is 2. The Bertz CT molecular complexity index is 803. The van der Waals surface area contributed by atoms with Crippen molar-refractivity contribution in [2.45, 2.75) is 10.7 Å². The molecule has 0 radical (unpaired) electrons. The number of methoxy groups -OCH3 is 1. The van der Waals surface area contributed by atoms with E-state index in [0.29, 0.717) is 28.9 Å². The Morgan fingerprint density at radius 2 is 1.64 bits per heavy atom. The number of hydrogen-bond donors (Lipinski definition) is 2. The zero-order valence-electron chi connectivity index (χ0n) is 15.4. The molecule has 0 aromatic heterocycles. The minimum Gasteiger partial charge on any atom is -0.497 e. The molecule has 6 nitrogen and oxygen atoms in total. The number of hydrogen-bond acceptors (Lipinski definition) is 5. The number of likely N-dealkylation sites (N-methyl/N-ethyl adjacent to an activating group) is 1. The van der Waals surface area contributed by atoms with Crippen molar-refractivity contribution in [3.05, 3.63) is 48.5 Å². The van der Waals surface area contributed by atoms with Gasteiger partial charge in [-0.15, -0.1) is 0 Å². The zero-order chi connectivity index (χ0) is 20.5. The highest BCUT2D eigenvalue weighted by atomic mass is 32.2. The number of benzene rings is 2. The third-order valence-corrected chi connectivity index (χ3v) is 4.37. The summed E-state index contributed by atoms with van der Waals surface area (Å²) in [6.07, 6.45) is 0. The lowest BCUT2D eigenvalue weighted by molar-refractivity contribution is -0.119. The highest BCUT2D eigenvalue weighted by molar-refractivity contribution is 7.99. The molecule has 0 atom stereocenters. The van der Waals surface area contributed by atoms with Crippen molar-refractivity contribution in [1.82, 2.24) is 4.90 Å². The van der Waals surface area contributed by atoms with Crippen LogP contribution in [0.4, 0.5) is 20.2 Å². The Labute approximate surface area is 166 Å². The first-order valence-electron chi connectivity index (χ1n) is 8.33. The highest BCUT2D eigenvalue weighted by Crippen LogP contribution is 2.31. The van der Waals surface area contributed by atoms with Gasteiger partial charge in [-0.05, 0) is 43.4 Å². The van der Waals surface area contributed by atoms with Gasteiger partial charge >= 0.3 is 0 Å². The number of nitrogens with one attached hydrogen (secondary N) is 2. The first-order valence-corrected chi connectivity index (χ1v) is 9.21. The number of alkyl halides is 2. The van der Waals surface area contributed by atoms with Gasteiger partial charge in [-0.25, -0.2) is 0 Å². The standard InChI is InChI=1S/C19H21F2N3O3S/c1-24(11-17(25)22-13-7-9-14(27-2)10-8-13)12-18(26)23-15-5-3-4-6-16(15)28-19(20)21/h3-10,19H,11-12H2,1-2H3,(H,22,25)(H,23,26). The number of carbonyl (C=O) groups excluding carboxylic acids is 2. The summed E-state index contributed by atoms with van der Waals surface area (Å²) in [5.74, 6) is -2.59. The van der Waals surface area contributed by atoms with Crippen LogP contribution in [0.2, 0.25) is 0 Å². The van der Waals surface area contributed by atoms with Crippen molar-refractivity contribution >= 4 is 35.0 Å². The molecule has 28 heavy (non-hydrogen) atoms. The summed E-state index contributed by atoms with van der Waals surface area (Å²) in [6.45, 7) is -0.0728. The van der Waals surface area contributed by atoms with Crippen molar-refractivity contribution in [1.29, 1.82) is 0 Å². The SMILES string of the molecule is COc1ccc(NC(=O)CN(C)CC(=O)Nc2ccccc2SC(F)F)cc1. The largest absolute Gasteiger partial charge is 0.497 e. The van der Waals surface area contributed by atoms with Gasteiger partial charge in [0.25, 0.3) is 5.76 Å². The van der Waals surface area contributed by atoms with Crippen LogP contribution in [-0.4, -0.2) is 49.7 Å². The Hall–Kier alpha value is -2.65. The summed E-state index contributed by atoms with van der Waals surface area (Å²) in [6, 6.07) is 13.2. The Kier molecular flexibility index (Phi) is 8.21. The quantitative estimate of drug-likeness (QED) is 0.620. The molecule has 0 spiro atoms. The second-order valence-corrected chi connectivity index (χ2v) is 6.90. The Balaban J connectivity index is 1.84. The molecule has 9 heteroatoms. The van der Waals surface area contributed by atoms with E-state index in [1.807, 2.05) is 0 Å². The van der Waals surface area contributed by atoms with Crippen LogP contribution in [-0.2, 0) is 9.59 Å². The maximum atomic E-state index is 12.6. The molecule has 0 fully saturated rings. The summed E-state index contributed by atoms with van der Waals surface area (Å²) in [5, 5.41) is 5.33. The van der Waals surface area contributed by atoms with E-state index in [2.05, 4.69) is 10.6 Å². The Morgan fingerprint density at radius 1 is 1.04 bits per heavy atom. The lowest BCUT2D eigenvalue weighted by Crippen LogP contribution is -2.36. The van der Waals surface area contributed by atoms with Gasteiger partial charge in [-0.3, -0.25) is 14.5 Å². The van der Waals surface area contributed by atoms with Gasteiger partial charge in [-0.2, -0.15) is 8.78 Å². The molecule has 0 saturated heterocycles. The van der Waals surface area contributed by atoms with E-state index >= 15 is 0 Å². The van der Waals surface area contributed by atoms with Crippen LogP contribution in [0.3, 0.4) is 0 Å². The second kappa shape index (κ2) is 10.6. The molecule has 0 heterocycles. The first kappa shape index (κ1) is 21.6. The minimum atomic E-state index is -2.58. The molecular formula is C19H21F2N3O3S. The lowest BCUT2D eigenvalue weighted by atomic mass is 10.3. The van der Waals surface area contributed by atoms with E-state index in [-0.39, 0.29) is 23.9 Å². The molecule has 0 aliphatic carbocycles. The van der Waals surface area contributed by atoms with Gasteiger partial charge < -0.3 is 15.4 Å². The Morgan fingerprint density at radius 3 is 2.25 bits per heavy atom. The molecule has 0 bridgehead atoms. The van der Waals surface area contributed by atoms with E-state index in [1.165, 1.54) is 11.0 Å². The molecular weight excluding hydrogens is 388 g/mol. The van der Waals surface area contributed by atoms with Crippen LogP contribution in [0.15, 0.2) is 53.4 Å². The average Bonchev–Trinajstić information content (AvgIpc) is 2.63. The second-order valence-electron chi connectivity index (χ2n) is 5.87. The number of nitrogens with zero attached hydrogens (tertiary/aromatic N) is 1. The number of carbonyl (C=O) groups is 2. The normalized spacial score (nSPS) is 10.8. The van der Waals surface area contributed by atoms with Crippen molar-refractivity contribution < 1.29 is 23.1 Å². The van der Waals surface area contributed by atoms with Gasteiger partial charge in [-0.1, -0.05) is 23.9 Å². The van der Waals surface area contributed by atoms with Gasteiger partial charge in [0.2, 0.25) is 11.8 Å². The van der Waals surface area contributed by atoms with E-state index in [1.54, 1.807) is 56.6 Å². The van der Waals surface area contributed by atoms with Gasteiger partial charge in [0.1, 0.15) is 5.75 Å². The predicted octanol–water partition coefficient (Wildman–Crippen LogP) is 3.52. The summed E-state index contributed by atoms with van der Waals surface area (Å²) in [5.41, 5.74) is 0.926. The summed E-state index contributed by atoms with van der Waals surface area (Å²) < 4.78 is 30.3. The van der Waals surface area contributed by atoms with Crippen molar-refractivity contribution in [3.8, 4) is 5.75 Å². The lowest BCUT2D eigenvalue weighted by Gasteiger charge is -2.17. The summed E-state index contributed by atoms with van der Waals surface area (Å²) in [4.78, 5) is 26.1. The molecule has 0 aliphatic rings. The van der Waals surface area contributed by atoms with Crippen molar-refractivity contribution in [3.63, 3.8) is 0 Å². The minimum absolute atomic E-state index is 0.00706. The molecule has 2 N–H and O–H groups in total. The zero-order valence-corrected chi connectivity index (χ0v) is 16.3. The van der Waals surface area contributed by atoms with Gasteiger partial charge in [0.05, 0.1) is 25.9 Å². The van der Waals surface area contributed by atoms with Crippen LogP contribution < -0.4 is 15.4 Å². The van der Waals surface area contributed by atoms with Crippen LogP contribution in [0.1, 0.15) is 0 Å². The van der Waals surface area contributed by atoms with Crippen LogP contribution >= 0.6 is 11.8 Å². The predicted molar refractivity (Wildman–Crippen MR) is 106 cm³/mol. The van der Waals surface area contributed by atoms with Gasteiger partial charge in [0, 0.05) is 10.6 Å². The maximum Gasteiger partial charge on any atom is 0.288 e. The molecule has 2 rings (SSSR count). The fraction of sp³-hybridized carbons (Fsp3) is 0.263. The van der Waals surface area contributed by atoms with Gasteiger partial charge in [0.15, 0.2) is 0 Å². The molecule has 0 unspecified atom stereocenters. The summed E-state index contributed by atoms with van der Waals surface area (Å²) >= 11 is 0.366. The maximum absolute atomic E-state index is 12.6. The number of thioether (sulfide) groups is 1. The monoisotopic (exact) mass is 409 g/mol. The highest BCUT2D eigenvalue weighted by Gasteiger charge is 2.14. The van der Waals surface area contributed by atoms with Crippen LogP contribution in [0, 0.1) is 0 Å². The number of ether oxygens (including phenoxy) is 1. The number of amides is 2. The first-order chi connectivity index (χ1) is 13.4. The molecule has 2 aromatic carbocycles. The fourth-order valence-corrected chi connectivity index (χ4v) is 2.97. The molecule has 0 saturated carbocycles. The van der Waals surface area contributed by atoms with Crippen molar-refractivity contribution in [2.75, 3.05) is 37.9 Å². The molecule has 2 aromatic rings. The topological polar surface area (TPSA) is 70.7 Å². The summed E-state index contributed by atoms with van der Waals surface area (Å²) in [7, 11) is 3.17. The van der Waals surface area contributed by atoms with E-state index in [0.717, 1.165) is 0 Å². The number of rotatable bonds is 9. The molecule has 0 aliphatic heterocycles. The third-order valence-electron chi connectivity index (χ3n) is 3.58. The third kappa shape index (κ3) is 7.16. The van der Waals surface area contributed by atoms with E-state index in [9.17, 15) is 18.4 Å². The average molecular weight is 409 g/mol. The molecule has 2 amide bonds. The smallest absolute Gasteiger partial charge is 0.288 e. The van der Waals surface area contributed by atoms with E-state index < -0.39 is 11.7 Å². The fourth-order valence-electron chi connectivity index (χ4n) is 2.38. The number of anilines is 2. The van der Waals surface area contributed by atoms with E-state index in [4.69, 9.17) is 4.74 Å². The van der Waals surface area contributed by atoms with Crippen LogP contribution in [0.25, 0.3) is 0 Å². The van der Waals surface area contributed by atoms with Crippen LogP contribution in [0.5, 0.6) is 5.75 Å².